The highest BCUT2D eigenvalue weighted by Gasteiger charge is 2.30. The first-order valence-electron chi connectivity index (χ1n) is 12.4. The van der Waals surface area contributed by atoms with Crippen molar-refractivity contribution in [3.8, 4) is 0 Å². The molecule has 194 valence electrons. The molecule has 1 aliphatic rings. The molecular weight excluding hydrogens is 476 g/mol. The van der Waals surface area contributed by atoms with Gasteiger partial charge in [0, 0.05) is 0 Å². The monoisotopic (exact) mass is 512 g/mol. The fraction of sp³-hybridized carbons (Fsp3) is 0.464. The highest BCUT2D eigenvalue weighted by molar-refractivity contribution is 7.18. The Kier molecular flexibility index (Phi) is 8.95. The largest absolute Gasteiger partial charge is 0.462 e. The van der Waals surface area contributed by atoms with Gasteiger partial charge in [-0.1, -0.05) is 36.8 Å². The number of allylic oxidation sites excluding steroid dienone is 1. The third kappa shape index (κ3) is 6.55. The maximum atomic E-state index is 13.1. The van der Waals surface area contributed by atoms with Gasteiger partial charge in [-0.2, -0.15) is 0 Å². The summed E-state index contributed by atoms with van der Waals surface area (Å²) >= 11 is 1.03. The lowest BCUT2D eigenvalue weighted by molar-refractivity contribution is 0.0216. The number of rotatable bonds is 8. The third-order valence-corrected chi connectivity index (χ3v) is 7.56. The molecule has 0 unspecified atom stereocenters. The molecule has 0 spiro atoms. The number of ether oxygens (including phenoxy) is 2. The van der Waals surface area contributed by atoms with Crippen LogP contribution in [0.2, 0.25) is 0 Å². The van der Waals surface area contributed by atoms with E-state index in [0.29, 0.717) is 10.4 Å². The minimum Gasteiger partial charge on any atom is -0.462 e. The van der Waals surface area contributed by atoms with E-state index in [-0.39, 0.29) is 23.3 Å². The molecule has 8 heteroatoms. The van der Waals surface area contributed by atoms with Gasteiger partial charge in [-0.05, 0) is 83.1 Å². The Labute approximate surface area is 217 Å². The molecule has 1 saturated carbocycles. The molecule has 2 aromatic rings. The highest BCUT2D eigenvalue weighted by atomic mass is 32.1. The van der Waals surface area contributed by atoms with Crippen molar-refractivity contribution in [1.82, 2.24) is 5.32 Å². The van der Waals surface area contributed by atoms with Gasteiger partial charge in [-0.15, -0.1) is 11.3 Å². The Morgan fingerprint density at radius 1 is 1.14 bits per heavy atom. The van der Waals surface area contributed by atoms with Crippen LogP contribution in [0.15, 0.2) is 30.8 Å². The van der Waals surface area contributed by atoms with Crippen LogP contribution in [-0.2, 0) is 15.0 Å². The molecule has 0 saturated heterocycles. The number of esters is 2. The number of carbonyl (C=O) groups is 3. The third-order valence-electron chi connectivity index (χ3n) is 6.37. The number of anilines is 1. The van der Waals surface area contributed by atoms with Crippen LogP contribution >= 0.6 is 11.3 Å². The van der Waals surface area contributed by atoms with Crippen LogP contribution in [0.5, 0.6) is 0 Å². The number of nitrogens with one attached hydrogen (secondary N) is 2. The summed E-state index contributed by atoms with van der Waals surface area (Å²) in [6.07, 6.45) is 4.79. The Balaban J connectivity index is 1.83. The molecule has 3 rings (SSSR count). The topological polar surface area (TPSA) is 93.7 Å². The molecule has 7 nitrogen and oxygen atoms in total. The van der Waals surface area contributed by atoms with Crippen molar-refractivity contribution < 1.29 is 23.9 Å². The van der Waals surface area contributed by atoms with E-state index in [9.17, 15) is 14.4 Å². The van der Waals surface area contributed by atoms with Crippen LogP contribution in [0, 0.1) is 6.92 Å². The lowest BCUT2D eigenvalue weighted by atomic mass is 9.92. The summed E-state index contributed by atoms with van der Waals surface area (Å²) in [7, 11) is 0. The van der Waals surface area contributed by atoms with Crippen molar-refractivity contribution in [3.63, 3.8) is 0 Å². The first-order valence-corrected chi connectivity index (χ1v) is 13.2. The maximum absolute atomic E-state index is 13.1. The molecule has 2 amide bonds. The summed E-state index contributed by atoms with van der Waals surface area (Å²) < 4.78 is 10.9. The van der Waals surface area contributed by atoms with Crippen molar-refractivity contribution in [3.05, 3.63) is 58.0 Å². The number of benzene rings is 1. The summed E-state index contributed by atoms with van der Waals surface area (Å²) in [5.41, 5.74) is 2.73. The quantitative estimate of drug-likeness (QED) is 0.379. The molecule has 1 heterocycles. The summed E-state index contributed by atoms with van der Waals surface area (Å²) in [5.74, 6) is -1.06. The average molecular weight is 513 g/mol. The van der Waals surface area contributed by atoms with E-state index >= 15 is 0 Å². The average Bonchev–Trinajstić information content (AvgIpc) is 3.15. The molecule has 1 aliphatic carbocycles. The Bertz CT molecular complexity index is 1140. The zero-order valence-corrected chi connectivity index (χ0v) is 22.6. The zero-order chi connectivity index (χ0) is 26.5. The van der Waals surface area contributed by atoms with Gasteiger partial charge in [-0.3, -0.25) is 5.32 Å². The number of hydrogen-bond donors (Lipinski definition) is 2. The molecule has 0 aliphatic heterocycles. The minimum absolute atomic E-state index is 0.116. The van der Waals surface area contributed by atoms with Crippen LogP contribution in [-0.4, -0.2) is 30.7 Å². The molecule has 1 aromatic carbocycles. The Morgan fingerprint density at radius 3 is 2.47 bits per heavy atom. The van der Waals surface area contributed by atoms with Crippen molar-refractivity contribution >= 4 is 39.9 Å². The fourth-order valence-electron chi connectivity index (χ4n) is 4.30. The summed E-state index contributed by atoms with van der Waals surface area (Å²) in [6, 6.07) is 7.31. The second kappa shape index (κ2) is 11.7. The van der Waals surface area contributed by atoms with E-state index in [4.69, 9.17) is 9.47 Å². The second-order valence-electron chi connectivity index (χ2n) is 9.71. The number of carbonyl (C=O) groups excluding carboxylic acids is 3. The summed E-state index contributed by atoms with van der Waals surface area (Å²) in [4.78, 5) is 39.1. The van der Waals surface area contributed by atoms with Crippen molar-refractivity contribution in [2.75, 3.05) is 11.9 Å². The SMILES string of the molecule is C=C(C)c1cccc(C(C)(C)NC(=O)Nc2sc(C(=O)OC3CCCCC3)c(C)c2C(=O)OCC)c1. The number of urea groups is 1. The lowest BCUT2D eigenvalue weighted by Crippen LogP contribution is -2.43. The first-order chi connectivity index (χ1) is 17.0. The summed E-state index contributed by atoms with van der Waals surface area (Å²) in [5, 5.41) is 6.00. The van der Waals surface area contributed by atoms with Gasteiger partial charge in [0.05, 0.1) is 17.7 Å². The zero-order valence-electron chi connectivity index (χ0n) is 21.8. The van der Waals surface area contributed by atoms with Gasteiger partial charge in [-0.25, -0.2) is 14.4 Å². The van der Waals surface area contributed by atoms with E-state index in [1.54, 1.807) is 13.8 Å². The predicted molar refractivity (Wildman–Crippen MR) is 144 cm³/mol. The molecule has 0 radical (unpaired) electrons. The molecular formula is C28H36N2O5S. The van der Waals surface area contributed by atoms with Crippen LogP contribution in [0.1, 0.15) is 96.5 Å². The fourth-order valence-corrected chi connectivity index (χ4v) is 5.37. The Hall–Kier alpha value is -3.13. The lowest BCUT2D eigenvalue weighted by Gasteiger charge is -2.27. The number of hydrogen-bond acceptors (Lipinski definition) is 6. The van der Waals surface area contributed by atoms with Gasteiger partial charge in [0.2, 0.25) is 0 Å². The standard InChI is InChI=1S/C28H36N2O5S/c1-7-34-25(31)22-18(4)23(26(32)35-21-14-9-8-10-15-21)36-24(22)29-27(33)30-28(5,6)20-13-11-12-19(16-20)17(2)3/h11-13,16,21H,2,7-10,14-15H2,1,3-6H3,(H2,29,30,33). The van der Waals surface area contributed by atoms with E-state index < -0.39 is 23.5 Å². The van der Waals surface area contributed by atoms with Crippen molar-refractivity contribution in [2.45, 2.75) is 78.4 Å². The van der Waals surface area contributed by atoms with Crippen molar-refractivity contribution in [2.24, 2.45) is 0 Å². The molecule has 1 aromatic heterocycles. The van der Waals surface area contributed by atoms with Gasteiger partial charge < -0.3 is 14.8 Å². The Morgan fingerprint density at radius 2 is 1.83 bits per heavy atom. The van der Waals surface area contributed by atoms with E-state index in [0.717, 1.165) is 60.1 Å². The second-order valence-corrected chi connectivity index (χ2v) is 10.7. The van der Waals surface area contributed by atoms with Gasteiger partial charge in [0.25, 0.3) is 0 Å². The predicted octanol–water partition coefficient (Wildman–Crippen LogP) is 6.81. The minimum atomic E-state index is -0.714. The van der Waals surface area contributed by atoms with Gasteiger partial charge in [0.1, 0.15) is 16.0 Å². The van der Waals surface area contributed by atoms with Gasteiger partial charge >= 0.3 is 18.0 Å². The molecule has 1 fully saturated rings. The molecule has 36 heavy (non-hydrogen) atoms. The normalized spacial score (nSPS) is 14.1. The molecule has 0 bridgehead atoms. The summed E-state index contributed by atoms with van der Waals surface area (Å²) in [6.45, 7) is 13.3. The van der Waals surface area contributed by atoms with Crippen LogP contribution in [0.4, 0.5) is 9.80 Å². The molecule has 0 atom stereocenters. The van der Waals surface area contributed by atoms with Crippen LogP contribution in [0.25, 0.3) is 5.57 Å². The van der Waals surface area contributed by atoms with Crippen molar-refractivity contribution in [1.29, 1.82) is 0 Å². The van der Waals surface area contributed by atoms with Crippen LogP contribution in [0.3, 0.4) is 0 Å². The highest BCUT2D eigenvalue weighted by Crippen LogP contribution is 2.35. The maximum Gasteiger partial charge on any atom is 0.348 e. The van der Waals surface area contributed by atoms with E-state index in [1.807, 2.05) is 45.0 Å². The smallest absolute Gasteiger partial charge is 0.348 e. The van der Waals surface area contributed by atoms with Crippen LogP contribution < -0.4 is 10.6 Å². The van der Waals surface area contributed by atoms with Gasteiger partial charge in [0.15, 0.2) is 0 Å². The number of thiophene rings is 1. The first kappa shape index (κ1) is 27.5. The number of amides is 2. The van der Waals surface area contributed by atoms with E-state index in [2.05, 4.69) is 17.2 Å². The molecule has 2 N–H and O–H groups in total. The van der Waals surface area contributed by atoms with E-state index in [1.165, 1.54) is 0 Å².